The first-order chi connectivity index (χ1) is 10.6. The van der Waals surface area contributed by atoms with Gasteiger partial charge in [0.2, 0.25) is 5.76 Å². The summed E-state index contributed by atoms with van der Waals surface area (Å²) in [6.45, 7) is 11.0. The molecule has 0 fully saturated rings. The molecule has 0 heterocycles. The summed E-state index contributed by atoms with van der Waals surface area (Å²) < 4.78 is 9.89. The topological polar surface area (TPSA) is 91.3 Å². The zero-order valence-electron chi connectivity index (χ0n) is 14.8. The lowest BCUT2D eigenvalue weighted by Gasteiger charge is -2.29. The number of rotatable bonds is 9. The molecule has 0 saturated carbocycles. The molecule has 1 N–H and O–H groups in total. The standard InChI is InChI=1S/C16H28O7/c1-7-8-9-21-23-13(11(2)3)14(17)22-12(16(4,5)6)10-20-15(18)19/h12H,7-10H2,1-6H3,(H,18,19). The number of hydrogen-bond donors (Lipinski definition) is 1. The molecule has 1 unspecified atom stereocenters. The maximum Gasteiger partial charge on any atom is 0.505 e. The van der Waals surface area contributed by atoms with E-state index in [9.17, 15) is 9.59 Å². The third-order valence-corrected chi connectivity index (χ3v) is 2.94. The van der Waals surface area contributed by atoms with Crippen LogP contribution < -0.4 is 0 Å². The maximum absolute atomic E-state index is 12.3. The second-order valence-corrected chi connectivity index (χ2v) is 6.42. The first-order valence-electron chi connectivity index (χ1n) is 7.63. The summed E-state index contributed by atoms with van der Waals surface area (Å²) in [5.41, 5.74) is 0.0966. The van der Waals surface area contributed by atoms with Crippen molar-refractivity contribution in [2.75, 3.05) is 13.2 Å². The normalized spacial score (nSPS) is 12.3. The molecule has 0 aliphatic rings. The van der Waals surface area contributed by atoms with Crippen molar-refractivity contribution in [3.8, 4) is 0 Å². The Kier molecular flexibility index (Phi) is 9.32. The molecular formula is C16H28O7. The van der Waals surface area contributed by atoms with Crippen LogP contribution in [0.15, 0.2) is 11.3 Å². The predicted molar refractivity (Wildman–Crippen MR) is 83.6 cm³/mol. The molecule has 0 aromatic rings. The van der Waals surface area contributed by atoms with Crippen LogP contribution in [0, 0.1) is 5.41 Å². The van der Waals surface area contributed by atoms with E-state index in [0.717, 1.165) is 12.8 Å². The number of carbonyl (C=O) groups excluding carboxylic acids is 1. The van der Waals surface area contributed by atoms with Crippen LogP contribution in [0.1, 0.15) is 54.4 Å². The molecule has 0 amide bonds. The smallest absolute Gasteiger partial charge is 0.452 e. The van der Waals surface area contributed by atoms with Crippen LogP contribution >= 0.6 is 0 Å². The van der Waals surface area contributed by atoms with Gasteiger partial charge >= 0.3 is 12.1 Å². The molecule has 23 heavy (non-hydrogen) atoms. The molecule has 0 aliphatic carbocycles. The minimum absolute atomic E-state index is 0.0364. The lowest BCUT2D eigenvalue weighted by Crippen LogP contribution is -2.37. The molecular weight excluding hydrogens is 304 g/mol. The number of unbranched alkanes of at least 4 members (excludes halogenated alkanes) is 1. The molecule has 1 atom stereocenters. The molecule has 7 nitrogen and oxygen atoms in total. The zero-order valence-corrected chi connectivity index (χ0v) is 14.8. The molecule has 0 saturated heterocycles. The minimum atomic E-state index is -1.42. The highest BCUT2D eigenvalue weighted by Gasteiger charge is 2.32. The van der Waals surface area contributed by atoms with E-state index in [-0.39, 0.29) is 12.4 Å². The second-order valence-electron chi connectivity index (χ2n) is 6.42. The molecule has 0 spiro atoms. The average molecular weight is 332 g/mol. The SMILES string of the molecule is CCCCOOC(C(=O)OC(COC(=O)O)C(C)(C)C)=C(C)C. The van der Waals surface area contributed by atoms with E-state index in [4.69, 9.17) is 19.6 Å². The summed E-state index contributed by atoms with van der Waals surface area (Å²) in [5.74, 6) is -0.749. The third-order valence-electron chi connectivity index (χ3n) is 2.94. The quantitative estimate of drug-likeness (QED) is 0.172. The highest BCUT2D eigenvalue weighted by Crippen LogP contribution is 2.24. The number of carboxylic acid groups (broad SMARTS) is 1. The summed E-state index contributed by atoms with van der Waals surface area (Å²) in [5, 5.41) is 8.61. The van der Waals surface area contributed by atoms with Gasteiger partial charge in [-0.05, 0) is 25.8 Å². The summed E-state index contributed by atoms with van der Waals surface area (Å²) >= 11 is 0. The Morgan fingerprint density at radius 2 is 1.78 bits per heavy atom. The van der Waals surface area contributed by atoms with Crippen molar-refractivity contribution < 1.29 is 33.9 Å². The molecule has 0 aromatic heterocycles. The largest absolute Gasteiger partial charge is 0.505 e. The van der Waals surface area contributed by atoms with Crippen LogP contribution in [0.2, 0.25) is 0 Å². The van der Waals surface area contributed by atoms with Gasteiger partial charge in [0.1, 0.15) is 12.7 Å². The Balaban J connectivity index is 4.84. The third kappa shape index (κ3) is 9.07. The van der Waals surface area contributed by atoms with Gasteiger partial charge in [0.25, 0.3) is 0 Å². The van der Waals surface area contributed by atoms with Gasteiger partial charge in [-0.1, -0.05) is 34.1 Å². The fourth-order valence-corrected chi connectivity index (χ4v) is 1.42. The first-order valence-corrected chi connectivity index (χ1v) is 7.63. The van der Waals surface area contributed by atoms with Gasteiger partial charge < -0.3 is 19.5 Å². The zero-order chi connectivity index (χ0) is 18.0. The highest BCUT2D eigenvalue weighted by molar-refractivity contribution is 5.87. The van der Waals surface area contributed by atoms with Crippen LogP contribution in [-0.4, -0.2) is 36.5 Å². The van der Waals surface area contributed by atoms with Crippen LogP contribution in [-0.2, 0) is 24.0 Å². The Labute approximate surface area is 137 Å². The molecule has 0 bridgehead atoms. The van der Waals surface area contributed by atoms with Crippen molar-refractivity contribution in [1.82, 2.24) is 0 Å². The van der Waals surface area contributed by atoms with Crippen molar-refractivity contribution in [1.29, 1.82) is 0 Å². The van der Waals surface area contributed by atoms with Gasteiger partial charge in [0, 0.05) is 5.41 Å². The van der Waals surface area contributed by atoms with E-state index in [0.29, 0.717) is 12.2 Å². The van der Waals surface area contributed by atoms with E-state index in [1.165, 1.54) is 0 Å². The second kappa shape index (κ2) is 10.1. The fraction of sp³-hybridized carbons (Fsp3) is 0.750. The average Bonchev–Trinajstić information content (AvgIpc) is 2.41. The molecule has 0 radical (unpaired) electrons. The lowest BCUT2D eigenvalue weighted by atomic mass is 9.89. The summed E-state index contributed by atoms with van der Waals surface area (Å²) in [7, 11) is 0. The molecule has 0 aromatic carbocycles. The van der Waals surface area contributed by atoms with E-state index >= 15 is 0 Å². The van der Waals surface area contributed by atoms with E-state index in [1.54, 1.807) is 13.8 Å². The Morgan fingerprint density at radius 3 is 2.22 bits per heavy atom. The van der Waals surface area contributed by atoms with Gasteiger partial charge in [-0.25, -0.2) is 9.59 Å². The van der Waals surface area contributed by atoms with Crippen molar-refractivity contribution in [3.05, 3.63) is 11.3 Å². The molecule has 0 aliphatic heterocycles. The minimum Gasteiger partial charge on any atom is -0.452 e. The van der Waals surface area contributed by atoms with Gasteiger partial charge in [-0.3, -0.25) is 0 Å². The predicted octanol–water partition coefficient (Wildman–Crippen LogP) is 3.68. The van der Waals surface area contributed by atoms with Crippen LogP contribution in [0.5, 0.6) is 0 Å². The summed E-state index contributed by atoms with van der Waals surface area (Å²) in [4.78, 5) is 32.9. The van der Waals surface area contributed by atoms with Crippen molar-refractivity contribution >= 4 is 12.1 Å². The molecule has 134 valence electrons. The Bertz CT molecular complexity index is 417. The van der Waals surface area contributed by atoms with E-state index < -0.39 is 23.6 Å². The number of carbonyl (C=O) groups is 2. The summed E-state index contributed by atoms with van der Waals surface area (Å²) in [6.07, 6.45) is -0.421. The van der Waals surface area contributed by atoms with E-state index in [2.05, 4.69) is 4.74 Å². The Morgan fingerprint density at radius 1 is 1.17 bits per heavy atom. The van der Waals surface area contributed by atoms with Crippen LogP contribution in [0.4, 0.5) is 4.79 Å². The highest BCUT2D eigenvalue weighted by atomic mass is 17.2. The van der Waals surface area contributed by atoms with Gasteiger partial charge in [0.15, 0.2) is 0 Å². The fourth-order valence-electron chi connectivity index (χ4n) is 1.42. The lowest BCUT2D eigenvalue weighted by molar-refractivity contribution is -0.266. The van der Waals surface area contributed by atoms with Crippen molar-refractivity contribution in [2.45, 2.75) is 60.5 Å². The van der Waals surface area contributed by atoms with Crippen LogP contribution in [0.25, 0.3) is 0 Å². The van der Waals surface area contributed by atoms with Crippen LogP contribution in [0.3, 0.4) is 0 Å². The van der Waals surface area contributed by atoms with Crippen molar-refractivity contribution in [3.63, 3.8) is 0 Å². The monoisotopic (exact) mass is 332 g/mol. The number of allylic oxidation sites excluding steroid dienone is 1. The van der Waals surface area contributed by atoms with Crippen molar-refractivity contribution in [2.24, 2.45) is 5.41 Å². The Hall–Kier alpha value is -1.76. The van der Waals surface area contributed by atoms with Gasteiger partial charge in [-0.2, -0.15) is 4.89 Å². The summed E-state index contributed by atoms with van der Waals surface area (Å²) in [6, 6.07) is 0. The molecule has 7 heteroatoms. The number of ether oxygens (including phenoxy) is 2. The number of esters is 1. The van der Waals surface area contributed by atoms with Gasteiger partial charge in [0.05, 0.1) is 6.61 Å². The maximum atomic E-state index is 12.3. The van der Waals surface area contributed by atoms with Gasteiger partial charge in [-0.15, -0.1) is 0 Å². The number of hydrogen-bond acceptors (Lipinski definition) is 6. The molecule has 0 rings (SSSR count). The van der Waals surface area contributed by atoms with E-state index in [1.807, 2.05) is 27.7 Å². The first kappa shape index (κ1) is 21.2.